The van der Waals surface area contributed by atoms with Gasteiger partial charge in [0.2, 0.25) is 0 Å². The molecule has 1 aromatic rings. The number of nitrogens with one attached hydrogen (secondary N) is 2. The van der Waals surface area contributed by atoms with Crippen LogP contribution in [-0.4, -0.2) is 50.2 Å². The molecule has 6 nitrogen and oxygen atoms in total. The molecular weight excluding hydrogens is 298 g/mol. The lowest BCUT2D eigenvalue weighted by Gasteiger charge is -2.34. The van der Waals surface area contributed by atoms with Gasteiger partial charge in [-0.3, -0.25) is 5.10 Å². The minimum atomic E-state index is 0.0195. The van der Waals surface area contributed by atoms with Gasteiger partial charge in [0, 0.05) is 18.3 Å². The van der Waals surface area contributed by atoms with Crippen LogP contribution in [0.4, 0.5) is 4.79 Å². The standard InChI is InChI=1S/C15H27N5OS/c1-3-22-10-9-20(13-7-5-4-6-8-13)15(21)16-11-14-17-12(2)18-19-14/h13H,3-11H2,1-2H3,(H,16,21)(H,17,18,19). The quantitative estimate of drug-likeness (QED) is 0.756. The number of amides is 2. The molecule has 1 aliphatic rings. The molecule has 2 rings (SSSR count). The van der Waals surface area contributed by atoms with E-state index in [9.17, 15) is 4.79 Å². The Labute approximate surface area is 136 Å². The van der Waals surface area contributed by atoms with Gasteiger partial charge in [-0.15, -0.1) is 0 Å². The van der Waals surface area contributed by atoms with Crippen molar-refractivity contribution in [3.8, 4) is 0 Å². The Morgan fingerprint density at radius 3 is 2.82 bits per heavy atom. The number of aromatic nitrogens is 3. The number of thioether (sulfide) groups is 1. The number of urea groups is 1. The van der Waals surface area contributed by atoms with Gasteiger partial charge in [-0.1, -0.05) is 26.2 Å². The lowest BCUT2D eigenvalue weighted by atomic mass is 9.94. The van der Waals surface area contributed by atoms with Crippen LogP contribution >= 0.6 is 11.8 Å². The highest BCUT2D eigenvalue weighted by atomic mass is 32.2. The molecule has 1 heterocycles. The Balaban J connectivity index is 1.88. The number of hydrogen-bond acceptors (Lipinski definition) is 4. The monoisotopic (exact) mass is 325 g/mol. The van der Waals surface area contributed by atoms with Crippen LogP contribution in [0.3, 0.4) is 0 Å². The molecule has 0 bridgehead atoms. The molecule has 1 saturated carbocycles. The van der Waals surface area contributed by atoms with Crippen molar-refractivity contribution >= 4 is 17.8 Å². The van der Waals surface area contributed by atoms with Gasteiger partial charge in [0.1, 0.15) is 5.82 Å². The number of carbonyl (C=O) groups is 1. The Bertz CT molecular complexity index is 459. The van der Waals surface area contributed by atoms with Crippen LogP contribution in [0, 0.1) is 6.92 Å². The molecule has 0 atom stereocenters. The third kappa shape index (κ3) is 5.19. The number of nitrogens with zero attached hydrogens (tertiary/aromatic N) is 3. The maximum Gasteiger partial charge on any atom is 0.318 e. The van der Waals surface area contributed by atoms with E-state index in [4.69, 9.17) is 0 Å². The van der Waals surface area contributed by atoms with Crippen molar-refractivity contribution < 1.29 is 4.79 Å². The largest absolute Gasteiger partial charge is 0.331 e. The van der Waals surface area contributed by atoms with E-state index in [1.807, 2.05) is 23.6 Å². The normalized spacial score (nSPS) is 15.7. The molecule has 2 N–H and O–H groups in total. The highest BCUT2D eigenvalue weighted by molar-refractivity contribution is 7.99. The molecule has 1 fully saturated rings. The van der Waals surface area contributed by atoms with Crippen molar-refractivity contribution in [3.63, 3.8) is 0 Å². The van der Waals surface area contributed by atoms with E-state index >= 15 is 0 Å². The Hall–Kier alpha value is -1.24. The van der Waals surface area contributed by atoms with Gasteiger partial charge in [0.25, 0.3) is 0 Å². The first-order valence-electron chi connectivity index (χ1n) is 8.20. The summed E-state index contributed by atoms with van der Waals surface area (Å²) < 4.78 is 0. The topological polar surface area (TPSA) is 73.9 Å². The predicted molar refractivity (Wildman–Crippen MR) is 89.9 cm³/mol. The van der Waals surface area contributed by atoms with E-state index < -0.39 is 0 Å². The highest BCUT2D eigenvalue weighted by Crippen LogP contribution is 2.23. The van der Waals surface area contributed by atoms with Crippen molar-refractivity contribution in [2.45, 2.75) is 58.5 Å². The minimum Gasteiger partial charge on any atom is -0.331 e. The second-order valence-corrected chi connectivity index (χ2v) is 7.07. The number of aromatic amines is 1. The molecule has 0 spiro atoms. The predicted octanol–water partition coefficient (Wildman–Crippen LogP) is 2.71. The number of H-pyrrole nitrogens is 1. The van der Waals surface area contributed by atoms with Crippen molar-refractivity contribution in [2.75, 3.05) is 18.1 Å². The smallest absolute Gasteiger partial charge is 0.318 e. The molecule has 124 valence electrons. The molecule has 1 aromatic heterocycles. The summed E-state index contributed by atoms with van der Waals surface area (Å²) >= 11 is 1.88. The van der Waals surface area contributed by atoms with Gasteiger partial charge in [-0.25, -0.2) is 9.78 Å². The van der Waals surface area contributed by atoms with Crippen LogP contribution in [0.2, 0.25) is 0 Å². The van der Waals surface area contributed by atoms with E-state index in [2.05, 4.69) is 27.4 Å². The molecule has 0 aromatic carbocycles. The average Bonchev–Trinajstić information content (AvgIpc) is 2.96. The average molecular weight is 325 g/mol. The molecule has 7 heteroatoms. The number of carbonyl (C=O) groups excluding carboxylic acids is 1. The van der Waals surface area contributed by atoms with Crippen molar-refractivity contribution in [2.24, 2.45) is 0 Å². The molecule has 0 unspecified atom stereocenters. The first kappa shape index (κ1) is 17.1. The van der Waals surface area contributed by atoms with Crippen LogP contribution in [0.15, 0.2) is 0 Å². The minimum absolute atomic E-state index is 0.0195. The Morgan fingerprint density at radius 1 is 1.41 bits per heavy atom. The summed E-state index contributed by atoms with van der Waals surface area (Å²) in [6.07, 6.45) is 6.02. The molecular formula is C15H27N5OS. The lowest BCUT2D eigenvalue weighted by molar-refractivity contribution is 0.160. The summed E-state index contributed by atoms with van der Waals surface area (Å²) in [5, 5.41) is 9.83. The van der Waals surface area contributed by atoms with Gasteiger partial charge in [-0.2, -0.15) is 16.9 Å². The van der Waals surface area contributed by atoms with Gasteiger partial charge in [0.15, 0.2) is 5.82 Å². The second kappa shape index (κ2) is 9.02. The zero-order valence-corrected chi connectivity index (χ0v) is 14.4. The van der Waals surface area contributed by atoms with E-state index in [1.165, 1.54) is 19.3 Å². The van der Waals surface area contributed by atoms with E-state index in [0.717, 1.165) is 36.7 Å². The van der Waals surface area contributed by atoms with Gasteiger partial charge < -0.3 is 10.2 Å². The fourth-order valence-electron chi connectivity index (χ4n) is 2.87. The molecule has 2 amide bonds. The first-order valence-corrected chi connectivity index (χ1v) is 9.36. The van der Waals surface area contributed by atoms with Crippen molar-refractivity contribution in [1.29, 1.82) is 0 Å². The maximum atomic E-state index is 12.6. The van der Waals surface area contributed by atoms with Crippen LogP contribution in [0.1, 0.15) is 50.7 Å². The molecule has 0 radical (unpaired) electrons. The summed E-state index contributed by atoms with van der Waals surface area (Å²) in [7, 11) is 0. The lowest BCUT2D eigenvalue weighted by Crippen LogP contribution is -2.47. The Morgan fingerprint density at radius 2 is 2.18 bits per heavy atom. The summed E-state index contributed by atoms with van der Waals surface area (Å²) in [4.78, 5) is 18.8. The third-order valence-electron chi connectivity index (χ3n) is 4.00. The fourth-order valence-corrected chi connectivity index (χ4v) is 3.49. The Kier molecular flexibility index (Phi) is 7.02. The third-order valence-corrected chi connectivity index (χ3v) is 4.88. The van der Waals surface area contributed by atoms with E-state index in [1.54, 1.807) is 0 Å². The zero-order chi connectivity index (χ0) is 15.8. The number of rotatable bonds is 7. The zero-order valence-electron chi connectivity index (χ0n) is 13.6. The van der Waals surface area contributed by atoms with Crippen molar-refractivity contribution in [1.82, 2.24) is 25.4 Å². The molecule has 0 aliphatic heterocycles. The second-order valence-electron chi connectivity index (χ2n) is 5.68. The number of aryl methyl sites for hydroxylation is 1. The van der Waals surface area contributed by atoms with Crippen LogP contribution in [0.5, 0.6) is 0 Å². The fraction of sp³-hybridized carbons (Fsp3) is 0.800. The number of hydrogen-bond donors (Lipinski definition) is 2. The van der Waals surface area contributed by atoms with Crippen molar-refractivity contribution in [3.05, 3.63) is 11.6 Å². The molecule has 22 heavy (non-hydrogen) atoms. The summed E-state index contributed by atoms with van der Waals surface area (Å²) in [6.45, 7) is 5.21. The van der Waals surface area contributed by atoms with Crippen LogP contribution in [-0.2, 0) is 6.54 Å². The van der Waals surface area contributed by atoms with Crippen LogP contribution < -0.4 is 5.32 Å². The van der Waals surface area contributed by atoms with E-state index in [-0.39, 0.29) is 6.03 Å². The molecule has 1 aliphatic carbocycles. The first-order chi connectivity index (χ1) is 10.7. The summed E-state index contributed by atoms with van der Waals surface area (Å²) in [5.74, 6) is 3.50. The van der Waals surface area contributed by atoms with Gasteiger partial charge in [-0.05, 0) is 25.5 Å². The molecule has 0 saturated heterocycles. The maximum absolute atomic E-state index is 12.6. The summed E-state index contributed by atoms with van der Waals surface area (Å²) in [5.41, 5.74) is 0. The van der Waals surface area contributed by atoms with Gasteiger partial charge >= 0.3 is 6.03 Å². The van der Waals surface area contributed by atoms with Gasteiger partial charge in [0.05, 0.1) is 6.54 Å². The SMILES string of the molecule is CCSCCN(C(=O)NCc1n[nH]c(C)n1)C1CCCCC1. The summed E-state index contributed by atoms with van der Waals surface area (Å²) in [6, 6.07) is 0.408. The highest BCUT2D eigenvalue weighted by Gasteiger charge is 2.25. The van der Waals surface area contributed by atoms with E-state index in [0.29, 0.717) is 18.4 Å². The van der Waals surface area contributed by atoms with Crippen LogP contribution in [0.25, 0.3) is 0 Å².